The van der Waals surface area contributed by atoms with E-state index in [1.165, 1.54) is 4.68 Å². The van der Waals surface area contributed by atoms with Gasteiger partial charge in [0.15, 0.2) is 0 Å². The third kappa shape index (κ3) is 2.97. The van der Waals surface area contributed by atoms with E-state index in [0.29, 0.717) is 27.6 Å². The molecule has 130 valence electrons. The fraction of sp³-hybridized carbons (Fsp3) is 0.118. The standard InChI is InChI=1S/C17H14N6O3/c24-15(18-10-5-6-13-14(9-10)20-17(26)19-13)7-8-23-16(25)11-3-1-2-4-12(11)21-22-23/h1-6,9H,7-8H2,(H,18,24)(H2,19,20,26). The number of anilines is 1. The van der Waals surface area contributed by atoms with Crippen molar-refractivity contribution in [3.05, 3.63) is 63.3 Å². The highest BCUT2D eigenvalue weighted by molar-refractivity contribution is 5.92. The second-order valence-electron chi connectivity index (χ2n) is 5.77. The number of nitrogens with zero attached hydrogens (tertiary/aromatic N) is 3. The molecule has 2 aromatic heterocycles. The maximum atomic E-state index is 12.3. The highest BCUT2D eigenvalue weighted by Gasteiger charge is 2.09. The number of imidazole rings is 1. The molecule has 0 aliphatic rings. The van der Waals surface area contributed by atoms with Crippen LogP contribution in [0.4, 0.5) is 5.69 Å². The molecule has 0 bridgehead atoms. The van der Waals surface area contributed by atoms with E-state index >= 15 is 0 Å². The van der Waals surface area contributed by atoms with Crippen molar-refractivity contribution >= 4 is 33.5 Å². The predicted molar refractivity (Wildman–Crippen MR) is 96.0 cm³/mol. The van der Waals surface area contributed by atoms with Gasteiger partial charge in [0.05, 0.1) is 23.0 Å². The van der Waals surface area contributed by atoms with Gasteiger partial charge in [-0.25, -0.2) is 9.48 Å². The highest BCUT2D eigenvalue weighted by atomic mass is 16.2. The average Bonchev–Trinajstić information content (AvgIpc) is 3.01. The van der Waals surface area contributed by atoms with Crippen LogP contribution >= 0.6 is 0 Å². The van der Waals surface area contributed by atoms with Crippen LogP contribution in [-0.2, 0) is 11.3 Å². The molecule has 0 fully saturated rings. The number of aromatic amines is 2. The molecule has 0 saturated carbocycles. The number of aromatic nitrogens is 5. The first-order valence-electron chi connectivity index (χ1n) is 7.94. The molecule has 3 N–H and O–H groups in total. The Hall–Kier alpha value is -3.75. The molecule has 2 heterocycles. The number of H-pyrrole nitrogens is 2. The maximum Gasteiger partial charge on any atom is 0.323 e. The Bertz CT molecular complexity index is 1240. The number of carbonyl (C=O) groups excluding carboxylic acids is 1. The lowest BCUT2D eigenvalue weighted by atomic mass is 10.2. The number of nitrogens with one attached hydrogen (secondary N) is 3. The van der Waals surface area contributed by atoms with Crippen molar-refractivity contribution in [2.24, 2.45) is 0 Å². The van der Waals surface area contributed by atoms with Crippen LogP contribution in [0.1, 0.15) is 6.42 Å². The third-order valence-corrected chi connectivity index (χ3v) is 3.98. The molecular formula is C17H14N6O3. The Morgan fingerprint density at radius 3 is 2.77 bits per heavy atom. The molecule has 0 saturated heterocycles. The molecule has 9 heteroatoms. The SMILES string of the molecule is O=C(CCn1nnc2ccccc2c1=O)Nc1ccc2[nH]c(=O)[nH]c2c1. The molecule has 0 spiro atoms. The Balaban J connectivity index is 1.47. The summed E-state index contributed by atoms with van der Waals surface area (Å²) >= 11 is 0. The fourth-order valence-electron chi connectivity index (χ4n) is 2.71. The summed E-state index contributed by atoms with van der Waals surface area (Å²) in [7, 11) is 0. The van der Waals surface area contributed by atoms with Crippen molar-refractivity contribution in [2.45, 2.75) is 13.0 Å². The van der Waals surface area contributed by atoms with Gasteiger partial charge < -0.3 is 15.3 Å². The van der Waals surface area contributed by atoms with Crippen LogP contribution in [0.25, 0.3) is 21.9 Å². The summed E-state index contributed by atoms with van der Waals surface area (Å²) in [6.45, 7) is 0.117. The van der Waals surface area contributed by atoms with E-state index in [4.69, 9.17) is 0 Å². The third-order valence-electron chi connectivity index (χ3n) is 3.98. The van der Waals surface area contributed by atoms with Gasteiger partial charge in [-0.05, 0) is 30.3 Å². The zero-order valence-corrected chi connectivity index (χ0v) is 13.5. The smallest absolute Gasteiger partial charge is 0.323 e. The van der Waals surface area contributed by atoms with E-state index in [1.807, 2.05) is 0 Å². The Morgan fingerprint density at radius 1 is 1.08 bits per heavy atom. The molecule has 2 aromatic carbocycles. The van der Waals surface area contributed by atoms with Crippen LogP contribution in [0, 0.1) is 0 Å². The van der Waals surface area contributed by atoms with Crippen LogP contribution in [0.15, 0.2) is 52.1 Å². The number of hydrogen-bond acceptors (Lipinski definition) is 5. The first-order valence-corrected chi connectivity index (χ1v) is 7.94. The van der Waals surface area contributed by atoms with Gasteiger partial charge in [0, 0.05) is 12.1 Å². The van der Waals surface area contributed by atoms with E-state index in [-0.39, 0.29) is 30.1 Å². The number of hydrogen-bond donors (Lipinski definition) is 3. The van der Waals surface area contributed by atoms with Gasteiger partial charge in [0.2, 0.25) is 5.91 Å². The summed E-state index contributed by atoms with van der Waals surface area (Å²) in [5.41, 5.74) is 1.74. The first-order chi connectivity index (χ1) is 12.6. The van der Waals surface area contributed by atoms with Crippen molar-refractivity contribution in [1.82, 2.24) is 25.0 Å². The topological polar surface area (TPSA) is 126 Å². The minimum atomic E-state index is -0.308. The Kier molecular flexibility index (Phi) is 3.81. The predicted octanol–water partition coefficient (Wildman–Crippen LogP) is 0.990. The molecule has 1 amide bonds. The van der Waals surface area contributed by atoms with E-state index in [0.717, 1.165) is 0 Å². The van der Waals surface area contributed by atoms with Crippen LogP contribution < -0.4 is 16.6 Å². The minimum absolute atomic E-state index is 0.0641. The lowest BCUT2D eigenvalue weighted by Gasteiger charge is -2.06. The molecule has 0 aliphatic heterocycles. The van der Waals surface area contributed by atoms with Crippen LogP contribution in [0.2, 0.25) is 0 Å². The second kappa shape index (κ2) is 6.28. The summed E-state index contributed by atoms with van der Waals surface area (Å²) in [6, 6.07) is 12.0. The van der Waals surface area contributed by atoms with Crippen LogP contribution in [0.5, 0.6) is 0 Å². The van der Waals surface area contributed by atoms with Crippen molar-refractivity contribution < 1.29 is 4.79 Å². The molecule has 0 atom stereocenters. The van der Waals surface area contributed by atoms with E-state index < -0.39 is 0 Å². The quantitative estimate of drug-likeness (QED) is 0.506. The monoisotopic (exact) mass is 350 g/mol. The van der Waals surface area contributed by atoms with E-state index in [2.05, 4.69) is 25.6 Å². The van der Waals surface area contributed by atoms with Gasteiger partial charge >= 0.3 is 5.69 Å². The fourth-order valence-corrected chi connectivity index (χ4v) is 2.71. The maximum absolute atomic E-state index is 12.3. The van der Waals surface area contributed by atoms with Crippen molar-refractivity contribution in [3.63, 3.8) is 0 Å². The normalized spacial score (nSPS) is 11.1. The number of rotatable bonds is 4. The average molecular weight is 350 g/mol. The van der Waals surface area contributed by atoms with Crippen LogP contribution in [0.3, 0.4) is 0 Å². The summed E-state index contributed by atoms with van der Waals surface area (Å²) in [5.74, 6) is -0.274. The van der Waals surface area contributed by atoms with Crippen molar-refractivity contribution in [3.8, 4) is 0 Å². The van der Waals surface area contributed by atoms with Crippen molar-refractivity contribution in [1.29, 1.82) is 0 Å². The number of benzene rings is 2. The minimum Gasteiger partial charge on any atom is -0.326 e. The van der Waals surface area contributed by atoms with Gasteiger partial charge in [-0.1, -0.05) is 17.3 Å². The van der Waals surface area contributed by atoms with Gasteiger partial charge in [-0.2, -0.15) is 0 Å². The number of fused-ring (bicyclic) bond motifs is 2. The summed E-state index contributed by atoms with van der Waals surface area (Å²) in [4.78, 5) is 41.0. The second-order valence-corrected chi connectivity index (χ2v) is 5.77. The van der Waals surface area contributed by atoms with E-state index in [9.17, 15) is 14.4 Å². The molecule has 0 aliphatic carbocycles. The number of carbonyl (C=O) groups is 1. The van der Waals surface area contributed by atoms with Crippen LogP contribution in [-0.4, -0.2) is 30.9 Å². The molecule has 9 nitrogen and oxygen atoms in total. The molecule has 4 aromatic rings. The molecule has 26 heavy (non-hydrogen) atoms. The van der Waals surface area contributed by atoms with Gasteiger partial charge in [-0.15, -0.1) is 5.10 Å². The number of amides is 1. The van der Waals surface area contributed by atoms with E-state index in [1.54, 1.807) is 42.5 Å². The largest absolute Gasteiger partial charge is 0.326 e. The lowest BCUT2D eigenvalue weighted by molar-refractivity contribution is -0.116. The number of aryl methyl sites for hydroxylation is 1. The lowest BCUT2D eigenvalue weighted by Crippen LogP contribution is -2.26. The molecule has 0 radical (unpaired) electrons. The Morgan fingerprint density at radius 2 is 1.88 bits per heavy atom. The summed E-state index contributed by atoms with van der Waals surface area (Å²) < 4.78 is 1.18. The van der Waals surface area contributed by atoms with Gasteiger partial charge in [0.1, 0.15) is 5.52 Å². The highest BCUT2D eigenvalue weighted by Crippen LogP contribution is 2.14. The van der Waals surface area contributed by atoms with Crippen molar-refractivity contribution in [2.75, 3.05) is 5.32 Å². The molecule has 4 rings (SSSR count). The zero-order valence-electron chi connectivity index (χ0n) is 13.5. The van der Waals surface area contributed by atoms with Gasteiger partial charge in [0.25, 0.3) is 5.56 Å². The zero-order chi connectivity index (χ0) is 18.1. The summed E-state index contributed by atoms with van der Waals surface area (Å²) in [6.07, 6.45) is 0.0641. The first kappa shape index (κ1) is 15.8. The Labute approximate surface area is 145 Å². The molecule has 0 unspecified atom stereocenters. The molecular weight excluding hydrogens is 336 g/mol. The van der Waals surface area contributed by atoms with Gasteiger partial charge in [-0.3, -0.25) is 9.59 Å². The summed E-state index contributed by atoms with van der Waals surface area (Å²) in [5, 5.41) is 11.0.